The average molecular weight is 411 g/mol. The Bertz CT molecular complexity index is 914. The number of rotatable bonds is 7. The molecule has 0 aliphatic rings. The van der Waals surface area contributed by atoms with Crippen LogP contribution in [-0.4, -0.2) is 5.11 Å². The molecule has 0 fully saturated rings. The minimum absolute atomic E-state index is 0.570. The third kappa shape index (κ3) is 6.06. The van der Waals surface area contributed by atoms with E-state index in [1.54, 1.807) is 0 Å². The summed E-state index contributed by atoms with van der Waals surface area (Å²) in [6.45, 7) is 3.83. The fourth-order valence-corrected chi connectivity index (χ4v) is 3.06. The highest BCUT2D eigenvalue weighted by atomic mass is 35.5. The number of thiocarbonyl (C=S) groups is 1. The molecule has 0 aliphatic carbocycles. The zero-order valence-corrected chi connectivity index (χ0v) is 17.3. The van der Waals surface area contributed by atoms with Crippen LogP contribution < -0.4 is 10.6 Å². The quantitative estimate of drug-likeness (QED) is 0.478. The SMILES string of the molecule is Cc1c(Cl)cccc1NC(=S)NCc1ccc(COCc2ccccc2)cc1. The molecule has 144 valence electrons. The Balaban J connectivity index is 1.43. The topological polar surface area (TPSA) is 33.3 Å². The first kappa shape index (κ1) is 20.3. The van der Waals surface area contributed by atoms with Gasteiger partial charge in [-0.3, -0.25) is 0 Å². The minimum Gasteiger partial charge on any atom is -0.372 e. The molecule has 0 aliphatic heterocycles. The number of ether oxygens (including phenoxy) is 1. The molecular weight excluding hydrogens is 388 g/mol. The molecule has 0 saturated heterocycles. The van der Waals surface area contributed by atoms with Crippen molar-refractivity contribution in [1.82, 2.24) is 5.32 Å². The van der Waals surface area contributed by atoms with Crippen LogP contribution in [0.2, 0.25) is 5.02 Å². The molecule has 0 aromatic heterocycles. The summed E-state index contributed by atoms with van der Waals surface area (Å²) in [5.41, 5.74) is 5.37. The molecule has 0 unspecified atom stereocenters. The summed E-state index contributed by atoms with van der Waals surface area (Å²) in [6, 6.07) is 24.2. The van der Waals surface area contributed by atoms with Crippen molar-refractivity contribution < 1.29 is 4.74 Å². The fraction of sp³-hybridized carbons (Fsp3) is 0.174. The third-order valence-corrected chi connectivity index (χ3v) is 5.03. The summed E-state index contributed by atoms with van der Waals surface area (Å²) in [4.78, 5) is 0. The second-order valence-electron chi connectivity index (χ2n) is 6.51. The lowest BCUT2D eigenvalue weighted by Gasteiger charge is -2.13. The van der Waals surface area contributed by atoms with Gasteiger partial charge in [0, 0.05) is 17.3 Å². The predicted octanol–water partition coefficient (Wildman–Crippen LogP) is 5.85. The highest BCUT2D eigenvalue weighted by Crippen LogP contribution is 2.22. The summed E-state index contributed by atoms with van der Waals surface area (Å²) in [6.07, 6.45) is 0. The van der Waals surface area contributed by atoms with Crippen LogP contribution in [0.5, 0.6) is 0 Å². The first-order valence-electron chi connectivity index (χ1n) is 9.11. The number of hydrogen-bond donors (Lipinski definition) is 2. The van der Waals surface area contributed by atoms with E-state index in [1.165, 1.54) is 5.56 Å². The van der Waals surface area contributed by atoms with E-state index in [1.807, 2.05) is 43.3 Å². The maximum absolute atomic E-state index is 6.14. The normalized spacial score (nSPS) is 10.5. The lowest BCUT2D eigenvalue weighted by atomic mass is 10.1. The molecule has 0 saturated carbocycles. The van der Waals surface area contributed by atoms with Crippen molar-refractivity contribution in [3.8, 4) is 0 Å². The largest absolute Gasteiger partial charge is 0.372 e. The molecule has 0 heterocycles. The van der Waals surface area contributed by atoms with Crippen LogP contribution in [-0.2, 0) is 24.5 Å². The third-order valence-electron chi connectivity index (χ3n) is 4.37. The first-order chi connectivity index (χ1) is 13.6. The molecule has 3 rings (SSSR count). The van der Waals surface area contributed by atoms with Gasteiger partial charge in [0.05, 0.1) is 13.2 Å². The molecule has 5 heteroatoms. The number of hydrogen-bond acceptors (Lipinski definition) is 2. The van der Waals surface area contributed by atoms with E-state index < -0.39 is 0 Å². The van der Waals surface area contributed by atoms with Crippen LogP contribution in [0.15, 0.2) is 72.8 Å². The lowest BCUT2D eigenvalue weighted by molar-refractivity contribution is 0.107. The monoisotopic (exact) mass is 410 g/mol. The minimum atomic E-state index is 0.570. The number of halogens is 1. The molecule has 28 heavy (non-hydrogen) atoms. The molecule has 0 spiro atoms. The highest BCUT2D eigenvalue weighted by Gasteiger charge is 2.04. The summed E-state index contributed by atoms with van der Waals surface area (Å²) in [7, 11) is 0. The molecule has 3 aromatic carbocycles. The van der Waals surface area contributed by atoms with E-state index in [-0.39, 0.29) is 0 Å². The van der Waals surface area contributed by atoms with Crippen LogP contribution in [0, 0.1) is 6.92 Å². The maximum atomic E-state index is 6.14. The van der Waals surface area contributed by atoms with Gasteiger partial charge in [0.15, 0.2) is 5.11 Å². The van der Waals surface area contributed by atoms with Gasteiger partial charge < -0.3 is 15.4 Å². The molecule has 2 N–H and O–H groups in total. The molecule has 0 bridgehead atoms. The van der Waals surface area contributed by atoms with Crippen molar-refractivity contribution in [3.63, 3.8) is 0 Å². The van der Waals surface area contributed by atoms with Crippen molar-refractivity contribution in [2.45, 2.75) is 26.7 Å². The molecule has 0 amide bonds. The summed E-state index contributed by atoms with van der Waals surface area (Å²) in [5.74, 6) is 0. The molecule has 0 atom stereocenters. The lowest BCUT2D eigenvalue weighted by Crippen LogP contribution is -2.28. The van der Waals surface area contributed by atoms with Gasteiger partial charge in [-0.05, 0) is 53.5 Å². The highest BCUT2D eigenvalue weighted by molar-refractivity contribution is 7.80. The zero-order valence-electron chi connectivity index (χ0n) is 15.7. The Morgan fingerprint density at radius 2 is 1.50 bits per heavy atom. The second kappa shape index (κ2) is 10.2. The van der Waals surface area contributed by atoms with Crippen LogP contribution >= 0.6 is 23.8 Å². The Hall–Kier alpha value is -2.40. The smallest absolute Gasteiger partial charge is 0.171 e. The summed E-state index contributed by atoms with van der Waals surface area (Å²) in [5, 5.41) is 7.71. The predicted molar refractivity (Wildman–Crippen MR) is 121 cm³/mol. The average Bonchev–Trinajstić information content (AvgIpc) is 2.72. The Morgan fingerprint density at radius 1 is 0.857 bits per heavy atom. The van der Waals surface area contributed by atoms with Crippen LogP contribution in [0.3, 0.4) is 0 Å². The van der Waals surface area contributed by atoms with Gasteiger partial charge in [-0.25, -0.2) is 0 Å². The molecular formula is C23H23ClN2OS. The van der Waals surface area contributed by atoms with E-state index in [9.17, 15) is 0 Å². The van der Waals surface area contributed by atoms with Crippen molar-refractivity contribution in [3.05, 3.63) is 100 Å². The van der Waals surface area contributed by atoms with Gasteiger partial charge in [0.2, 0.25) is 0 Å². The second-order valence-corrected chi connectivity index (χ2v) is 7.33. The van der Waals surface area contributed by atoms with Gasteiger partial charge in [0.25, 0.3) is 0 Å². The van der Waals surface area contributed by atoms with Gasteiger partial charge in [-0.2, -0.15) is 0 Å². The van der Waals surface area contributed by atoms with Gasteiger partial charge >= 0.3 is 0 Å². The van der Waals surface area contributed by atoms with Crippen molar-refractivity contribution in [1.29, 1.82) is 0 Å². The number of anilines is 1. The van der Waals surface area contributed by atoms with Crippen LogP contribution in [0.25, 0.3) is 0 Å². The van der Waals surface area contributed by atoms with Crippen molar-refractivity contribution in [2.75, 3.05) is 5.32 Å². The fourth-order valence-electron chi connectivity index (χ4n) is 2.71. The van der Waals surface area contributed by atoms with Crippen LogP contribution in [0.1, 0.15) is 22.3 Å². The van der Waals surface area contributed by atoms with E-state index in [2.05, 4.69) is 47.0 Å². The zero-order chi connectivity index (χ0) is 19.8. The Kier molecular flexibility index (Phi) is 7.43. The van der Waals surface area contributed by atoms with Crippen LogP contribution in [0.4, 0.5) is 5.69 Å². The van der Waals surface area contributed by atoms with E-state index in [4.69, 9.17) is 28.6 Å². The summed E-state index contributed by atoms with van der Waals surface area (Å²) >= 11 is 11.5. The van der Waals surface area contributed by atoms with Gasteiger partial charge in [-0.15, -0.1) is 0 Å². The summed E-state index contributed by atoms with van der Waals surface area (Å²) < 4.78 is 5.77. The van der Waals surface area contributed by atoms with Crippen molar-refractivity contribution >= 4 is 34.6 Å². The molecule has 3 aromatic rings. The number of benzene rings is 3. The Labute approximate surface area is 176 Å². The van der Waals surface area contributed by atoms with E-state index in [0.717, 1.165) is 27.4 Å². The molecule has 3 nitrogen and oxygen atoms in total. The first-order valence-corrected chi connectivity index (χ1v) is 9.90. The Morgan fingerprint density at radius 3 is 2.21 bits per heavy atom. The van der Waals surface area contributed by atoms with E-state index >= 15 is 0 Å². The van der Waals surface area contributed by atoms with E-state index in [0.29, 0.717) is 24.9 Å². The van der Waals surface area contributed by atoms with Gasteiger partial charge in [-0.1, -0.05) is 72.3 Å². The van der Waals surface area contributed by atoms with Gasteiger partial charge in [0.1, 0.15) is 0 Å². The van der Waals surface area contributed by atoms with Crippen molar-refractivity contribution in [2.24, 2.45) is 0 Å². The number of nitrogens with one attached hydrogen (secondary N) is 2. The standard InChI is InChI=1S/C23H23ClN2OS/c1-17-21(24)8-5-9-22(17)26-23(28)25-14-18-10-12-20(13-11-18)16-27-15-19-6-3-2-4-7-19/h2-13H,14-16H2,1H3,(H2,25,26,28). The molecule has 0 radical (unpaired) electrons. The maximum Gasteiger partial charge on any atom is 0.171 e.